The van der Waals surface area contributed by atoms with Crippen molar-refractivity contribution in [1.29, 1.82) is 0 Å². The molecule has 0 aromatic carbocycles. The second kappa shape index (κ2) is 5.13. The lowest BCUT2D eigenvalue weighted by Gasteiger charge is -2.00. The smallest absolute Gasteiger partial charge is 0.264 e. The number of rotatable bonds is 4. The van der Waals surface area contributed by atoms with Gasteiger partial charge in [-0.3, -0.25) is 9.59 Å². The maximum absolute atomic E-state index is 11.0. The molecule has 13 heavy (non-hydrogen) atoms. The Morgan fingerprint density at radius 2 is 2.00 bits per heavy atom. The van der Waals surface area contributed by atoms with Gasteiger partial charge in [0.15, 0.2) is 0 Å². The fourth-order valence-electron chi connectivity index (χ4n) is 0.532. The van der Waals surface area contributed by atoms with Gasteiger partial charge in [0.05, 0.1) is 5.70 Å². The average Bonchev–Trinajstić information content (AvgIpc) is 2.00. The predicted molar refractivity (Wildman–Crippen MR) is 50.5 cm³/mol. The Kier molecular flexibility index (Phi) is 4.51. The minimum Gasteiger partial charge on any atom is -0.364 e. The van der Waals surface area contributed by atoms with Gasteiger partial charge in [-0.2, -0.15) is 0 Å². The van der Waals surface area contributed by atoms with Gasteiger partial charge in [0.25, 0.3) is 5.91 Å². The molecule has 0 aromatic rings. The first-order chi connectivity index (χ1) is 5.93. The molecule has 4 nitrogen and oxygen atoms in total. The van der Waals surface area contributed by atoms with Crippen molar-refractivity contribution < 1.29 is 9.59 Å². The van der Waals surface area contributed by atoms with Crippen molar-refractivity contribution in [2.45, 2.75) is 13.8 Å². The predicted octanol–water partition coefficient (Wildman–Crippen LogP) is 0.314. The van der Waals surface area contributed by atoms with Crippen molar-refractivity contribution in [3.05, 3.63) is 24.4 Å². The molecule has 0 radical (unpaired) electrons. The molecule has 3 N–H and O–H groups in total. The topological polar surface area (TPSA) is 72.2 Å². The third kappa shape index (κ3) is 5.66. The SMILES string of the molecule is C=C(NC(=O)C=CC(C)C)C(N)=O. The molecule has 0 fully saturated rings. The van der Waals surface area contributed by atoms with Gasteiger partial charge in [0.1, 0.15) is 0 Å². The molecule has 72 valence electrons. The zero-order chi connectivity index (χ0) is 10.4. The lowest BCUT2D eigenvalue weighted by Crippen LogP contribution is -2.29. The Morgan fingerprint density at radius 1 is 1.46 bits per heavy atom. The van der Waals surface area contributed by atoms with Gasteiger partial charge in [-0.05, 0) is 12.0 Å². The van der Waals surface area contributed by atoms with E-state index >= 15 is 0 Å². The van der Waals surface area contributed by atoms with Crippen molar-refractivity contribution in [3.8, 4) is 0 Å². The summed E-state index contributed by atoms with van der Waals surface area (Å²) in [5, 5.41) is 2.24. The number of hydrogen-bond acceptors (Lipinski definition) is 2. The number of hydrogen-bond donors (Lipinski definition) is 2. The van der Waals surface area contributed by atoms with Crippen LogP contribution >= 0.6 is 0 Å². The number of allylic oxidation sites excluding steroid dienone is 1. The van der Waals surface area contributed by atoms with Gasteiger partial charge >= 0.3 is 0 Å². The van der Waals surface area contributed by atoms with E-state index in [9.17, 15) is 9.59 Å². The summed E-state index contributed by atoms with van der Waals surface area (Å²) in [6.45, 7) is 7.16. The van der Waals surface area contributed by atoms with Gasteiger partial charge in [0, 0.05) is 0 Å². The fraction of sp³-hybridized carbons (Fsp3) is 0.333. The maximum atomic E-state index is 11.0. The lowest BCUT2D eigenvalue weighted by molar-refractivity contribution is -0.119. The third-order valence-electron chi connectivity index (χ3n) is 1.20. The second-order valence-corrected chi connectivity index (χ2v) is 2.94. The molecule has 0 rings (SSSR count). The molecule has 0 unspecified atom stereocenters. The molecule has 0 aromatic heterocycles. The molecule has 2 amide bonds. The zero-order valence-corrected chi connectivity index (χ0v) is 7.83. The van der Waals surface area contributed by atoms with Crippen LogP contribution in [0, 0.1) is 5.92 Å². The van der Waals surface area contributed by atoms with Crippen molar-refractivity contribution in [3.63, 3.8) is 0 Å². The Balaban J connectivity index is 4.02. The highest BCUT2D eigenvalue weighted by atomic mass is 16.2. The van der Waals surface area contributed by atoms with Crippen molar-refractivity contribution >= 4 is 11.8 Å². The van der Waals surface area contributed by atoms with E-state index in [0.717, 1.165) is 0 Å². The van der Waals surface area contributed by atoms with Gasteiger partial charge in [-0.25, -0.2) is 0 Å². The summed E-state index contributed by atoms with van der Waals surface area (Å²) in [6.07, 6.45) is 3.06. The number of primary amides is 1. The molecule has 0 aliphatic rings. The highest BCUT2D eigenvalue weighted by molar-refractivity contribution is 5.98. The molecule has 0 spiro atoms. The summed E-state index contributed by atoms with van der Waals surface area (Å²) < 4.78 is 0. The molecule has 0 heterocycles. The van der Waals surface area contributed by atoms with Crippen LogP contribution in [0.1, 0.15) is 13.8 Å². The Bertz CT molecular complexity index is 254. The summed E-state index contributed by atoms with van der Waals surface area (Å²) in [5.74, 6) is -0.837. The number of amides is 2. The number of carbonyl (C=O) groups is 2. The van der Waals surface area contributed by atoms with Gasteiger partial charge in [0.2, 0.25) is 5.91 Å². The molecule has 4 heteroatoms. The average molecular weight is 182 g/mol. The second-order valence-electron chi connectivity index (χ2n) is 2.94. The van der Waals surface area contributed by atoms with Crippen LogP contribution in [0.4, 0.5) is 0 Å². The van der Waals surface area contributed by atoms with Crippen molar-refractivity contribution in [2.75, 3.05) is 0 Å². The molecule has 0 saturated heterocycles. The highest BCUT2D eigenvalue weighted by Crippen LogP contribution is 1.93. The van der Waals surface area contributed by atoms with E-state index in [-0.39, 0.29) is 11.6 Å². The molecule has 0 bridgehead atoms. The lowest BCUT2D eigenvalue weighted by atomic mass is 10.2. The van der Waals surface area contributed by atoms with Crippen LogP contribution in [0.3, 0.4) is 0 Å². The Morgan fingerprint density at radius 3 is 2.38 bits per heavy atom. The zero-order valence-electron chi connectivity index (χ0n) is 7.83. The largest absolute Gasteiger partial charge is 0.364 e. The van der Waals surface area contributed by atoms with E-state index in [1.807, 2.05) is 13.8 Å². The minimum atomic E-state index is -0.730. The molecule has 0 aliphatic carbocycles. The van der Waals surface area contributed by atoms with Gasteiger partial charge in [-0.1, -0.05) is 26.5 Å². The Labute approximate surface area is 77.5 Å². The van der Waals surface area contributed by atoms with Crippen LogP contribution in [0.25, 0.3) is 0 Å². The van der Waals surface area contributed by atoms with Crippen molar-refractivity contribution in [1.82, 2.24) is 5.32 Å². The van der Waals surface area contributed by atoms with Gasteiger partial charge in [-0.15, -0.1) is 0 Å². The summed E-state index contributed by atoms with van der Waals surface area (Å²) in [5.41, 5.74) is 4.76. The first-order valence-electron chi connectivity index (χ1n) is 3.91. The fourth-order valence-corrected chi connectivity index (χ4v) is 0.532. The minimum absolute atomic E-state index is 0.0987. The van der Waals surface area contributed by atoms with Crippen LogP contribution < -0.4 is 11.1 Å². The number of nitrogens with one attached hydrogen (secondary N) is 1. The molecule has 0 aliphatic heterocycles. The number of carbonyl (C=O) groups excluding carboxylic acids is 2. The van der Waals surface area contributed by atoms with E-state index in [2.05, 4.69) is 11.9 Å². The Hall–Kier alpha value is -1.58. The maximum Gasteiger partial charge on any atom is 0.264 e. The number of nitrogens with two attached hydrogens (primary N) is 1. The summed E-state index contributed by atoms with van der Waals surface area (Å²) >= 11 is 0. The summed E-state index contributed by atoms with van der Waals surface area (Å²) in [6, 6.07) is 0. The van der Waals surface area contributed by atoms with Crippen LogP contribution in [0.15, 0.2) is 24.4 Å². The highest BCUT2D eigenvalue weighted by Gasteiger charge is 2.03. The summed E-state index contributed by atoms with van der Waals surface area (Å²) in [4.78, 5) is 21.5. The normalized spacial score (nSPS) is 10.4. The monoisotopic (exact) mass is 182 g/mol. The van der Waals surface area contributed by atoms with Crippen LogP contribution in [-0.2, 0) is 9.59 Å². The molecular weight excluding hydrogens is 168 g/mol. The van der Waals surface area contributed by atoms with Crippen LogP contribution in [-0.4, -0.2) is 11.8 Å². The first-order valence-corrected chi connectivity index (χ1v) is 3.91. The van der Waals surface area contributed by atoms with E-state index in [0.29, 0.717) is 0 Å². The van der Waals surface area contributed by atoms with E-state index in [1.165, 1.54) is 6.08 Å². The quantitative estimate of drug-likeness (QED) is 0.614. The first kappa shape index (κ1) is 11.4. The van der Waals surface area contributed by atoms with Crippen LogP contribution in [0.5, 0.6) is 0 Å². The van der Waals surface area contributed by atoms with Gasteiger partial charge < -0.3 is 11.1 Å². The molecule has 0 atom stereocenters. The van der Waals surface area contributed by atoms with E-state index < -0.39 is 11.8 Å². The van der Waals surface area contributed by atoms with Crippen LogP contribution in [0.2, 0.25) is 0 Å². The van der Waals surface area contributed by atoms with Crippen molar-refractivity contribution in [2.24, 2.45) is 11.7 Å². The third-order valence-corrected chi connectivity index (χ3v) is 1.20. The molecule has 0 saturated carbocycles. The summed E-state index contributed by atoms with van der Waals surface area (Å²) in [7, 11) is 0. The van der Waals surface area contributed by atoms with E-state index in [1.54, 1.807) is 6.08 Å². The molecular formula is C9H14N2O2. The van der Waals surface area contributed by atoms with E-state index in [4.69, 9.17) is 5.73 Å². The standard InChI is InChI=1S/C9H14N2O2/c1-6(2)4-5-8(12)11-7(3)9(10)13/h4-6H,3H2,1-2H3,(H2,10,13)(H,11,12).